The van der Waals surface area contributed by atoms with E-state index in [1.807, 2.05) is 24.3 Å². The number of carbonyl (C=O) groups excluding carboxylic acids is 1. The van der Waals surface area contributed by atoms with E-state index in [9.17, 15) is 4.79 Å². The van der Waals surface area contributed by atoms with Gasteiger partial charge in [0.15, 0.2) is 0 Å². The third-order valence-electron chi connectivity index (χ3n) is 2.80. The highest BCUT2D eigenvalue weighted by atomic mass is 16.5. The number of methoxy groups -OCH3 is 2. The lowest BCUT2D eigenvalue weighted by Crippen LogP contribution is -2.45. The van der Waals surface area contributed by atoms with E-state index in [1.165, 1.54) is 7.11 Å². The molecule has 0 aliphatic carbocycles. The smallest absolute Gasteiger partial charge is 0.325 e. The summed E-state index contributed by atoms with van der Waals surface area (Å²) in [6.45, 7) is 2.14. The summed E-state index contributed by atoms with van der Waals surface area (Å²) >= 11 is 0. The van der Waals surface area contributed by atoms with E-state index < -0.39 is 11.5 Å². The van der Waals surface area contributed by atoms with Crippen molar-refractivity contribution in [3.63, 3.8) is 0 Å². The summed E-state index contributed by atoms with van der Waals surface area (Å²) in [5.41, 5.74) is 4.88. The highest BCUT2D eigenvalue weighted by molar-refractivity contribution is 5.79. The van der Waals surface area contributed by atoms with Gasteiger partial charge in [-0.3, -0.25) is 4.79 Å². The molecule has 0 bridgehead atoms. The number of ether oxygens (including phenoxy) is 3. The Bertz CT molecular complexity index is 418. The summed E-state index contributed by atoms with van der Waals surface area (Å²) < 4.78 is 15.3. The molecule has 1 aromatic carbocycles. The molecule has 1 rings (SSSR count). The van der Waals surface area contributed by atoms with Crippen LogP contribution >= 0.6 is 0 Å². The molecule has 19 heavy (non-hydrogen) atoms. The summed E-state index contributed by atoms with van der Waals surface area (Å²) in [7, 11) is 2.94. The van der Waals surface area contributed by atoms with Crippen LogP contribution in [-0.2, 0) is 9.53 Å². The molecule has 2 N–H and O–H groups in total. The molecule has 0 aliphatic heterocycles. The third kappa shape index (κ3) is 4.79. The van der Waals surface area contributed by atoms with E-state index in [2.05, 4.69) is 4.74 Å². The van der Waals surface area contributed by atoms with Crippen molar-refractivity contribution in [3.8, 4) is 11.5 Å². The van der Waals surface area contributed by atoms with Gasteiger partial charge in [-0.05, 0) is 31.9 Å². The number of esters is 1. The second-order valence-corrected chi connectivity index (χ2v) is 4.54. The molecular formula is C14H21NO4. The Morgan fingerprint density at radius 2 is 2.00 bits per heavy atom. The summed E-state index contributed by atoms with van der Waals surface area (Å²) in [6.07, 6.45) is 1.17. The number of carbonyl (C=O) groups is 1. The van der Waals surface area contributed by atoms with Gasteiger partial charge in [0, 0.05) is 6.07 Å². The van der Waals surface area contributed by atoms with Crippen LogP contribution in [0.4, 0.5) is 0 Å². The molecule has 0 radical (unpaired) electrons. The van der Waals surface area contributed by atoms with Crippen LogP contribution in [0.3, 0.4) is 0 Å². The summed E-state index contributed by atoms with van der Waals surface area (Å²) in [4.78, 5) is 11.4. The Morgan fingerprint density at radius 1 is 1.32 bits per heavy atom. The molecule has 5 nitrogen and oxygen atoms in total. The molecule has 0 saturated carbocycles. The Kier molecular flexibility index (Phi) is 5.63. The fourth-order valence-electron chi connectivity index (χ4n) is 1.66. The van der Waals surface area contributed by atoms with Gasteiger partial charge in [0.25, 0.3) is 0 Å². The monoisotopic (exact) mass is 267 g/mol. The second kappa shape index (κ2) is 6.99. The first-order valence-corrected chi connectivity index (χ1v) is 6.14. The van der Waals surface area contributed by atoms with E-state index in [0.717, 1.165) is 11.5 Å². The van der Waals surface area contributed by atoms with Gasteiger partial charge in [0.05, 0.1) is 20.8 Å². The standard InChI is InChI=1S/C14H21NO4/c1-14(15,13(16)18-3)8-5-9-19-12-7-4-6-11(10-12)17-2/h4,6-7,10H,5,8-9,15H2,1-3H3. The zero-order valence-corrected chi connectivity index (χ0v) is 11.6. The van der Waals surface area contributed by atoms with Gasteiger partial charge in [0.1, 0.15) is 17.0 Å². The van der Waals surface area contributed by atoms with Crippen molar-refractivity contribution in [1.29, 1.82) is 0 Å². The van der Waals surface area contributed by atoms with Crippen LogP contribution in [-0.4, -0.2) is 32.3 Å². The van der Waals surface area contributed by atoms with Crippen LogP contribution in [0.5, 0.6) is 11.5 Å². The number of benzene rings is 1. The van der Waals surface area contributed by atoms with Gasteiger partial charge in [-0.25, -0.2) is 0 Å². The maximum atomic E-state index is 11.4. The lowest BCUT2D eigenvalue weighted by atomic mass is 9.98. The second-order valence-electron chi connectivity index (χ2n) is 4.54. The molecule has 0 amide bonds. The Balaban J connectivity index is 2.36. The van der Waals surface area contributed by atoms with Crippen LogP contribution in [0, 0.1) is 0 Å². The molecule has 0 aliphatic rings. The summed E-state index contributed by atoms with van der Waals surface area (Å²) in [5.74, 6) is 1.07. The SMILES string of the molecule is COC(=O)C(C)(N)CCCOc1cccc(OC)c1. The van der Waals surface area contributed by atoms with Gasteiger partial charge in [-0.2, -0.15) is 0 Å². The molecule has 1 atom stereocenters. The molecule has 5 heteroatoms. The molecule has 0 saturated heterocycles. The summed E-state index contributed by atoms with van der Waals surface area (Å²) in [6, 6.07) is 7.36. The maximum Gasteiger partial charge on any atom is 0.325 e. The van der Waals surface area contributed by atoms with Crippen molar-refractivity contribution >= 4 is 5.97 Å². The topological polar surface area (TPSA) is 70.8 Å². The number of nitrogens with two attached hydrogens (primary N) is 1. The fraction of sp³-hybridized carbons (Fsp3) is 0.500. The number of hydrogen-bond donors (Lipinski definition) is 1. The molecule has 1 unspecified atom stereocenters. The number of rotatable bonds is 7. The predicted molar refractivity (Wildman–Crippen MR) is 72.3 cm³/mol. The quantitative estimate of drug-likeness (QED) is 0.602. The van der Waals surface area contributed by atoms with E-state index in [1.54, 1.807) is 14.0 Å². The Labute approximate surface area is 113 Å². The molecule has 1 aromatic rings. The van der Waals surface area contributed by atoms with Crippen LogP contribution in [0.25, 0.3) is 0 Å². The lowest BCUT2D eigenvalue weighted by Gasteiger charge is -2.21. The van der Waals surface area contributed by atoms with Crippen molar-refractivity contribution in [1.82, 2.24) is 0 Å². The zero-order chi connectivity index (χ0) is 14.3. The Morgan fingerprint density at radius 3 is 2.63 bits per heavy atom. The average molecular weight is 267 g/mol. The van der Waals surface area contributed by atoms with Crippen molar-refractivity contribution in [2.45, 2.75) is 25.3 Å². The van der Waals surface area contributed by atoms with Crippen molar-refractivity contribution < 1.29 is 19.0 Å². The van der Waals surface area contributed by atoms with E-state index >= 15 is 0 Å². The molecule has 0 spiro atoms. The molecule has 0 aromatic heterocycles. The third-order valence-corrected chi connectivity index (χ3v) is 2.80. The van der Waals surface area contributed by atoms with Crippen LogP contribution in [0.15, 0.2) is 24.3 Å². The highest BCUT2D eigenvalue weighted by Gasteiger charge is 2.28. The maximum absolute atomic E-state index is 11.4. The molecule has 106 valence electrons. The predicted octanol–water partition coefficient (Wildman–Crippen LogP) is 1.74. The average Bonchev–Trinajstić information content (AvgIpc) is 2.43. The Hall–Kier alpha value is -1.75. The van der Waals surface area contributed by atoms with Gasteiger partial charge < -0.3 is 19.9 Å². The largest absolute Gasteiger partial charge is 0.497 e. The van der Waals surface area contributed by atoms with E-state index in [4.69, 9.17) is 15.2 Å². The van der Waals surface area contributed by atoms with Crippen molar-refractivity contribution in [3.05, 3.63) is 24.3 Å². The van der Waals surface area contributed by atoms with Gasteiger partial charge >= 0.3 is 5.97 Å². The first kappa shape index (κ1) is 15.3. The van der Waals surface area contributed by atoms with E-state index in [0.29, 0.717) is 19.4 Å². The molecule has 0 fully saturated rings. The molecule has 0 heterocycles. The van der Waals surface area contributed by atoms with Gasteiger partial charge in [-0.1, -0.05) is 6.07 Å². The minimum absolute atomic E-state index is 0.408. The molecular weight excluding hydrogens is 246 g/mol. The van der Waals surface area contributed by atoms with Gasteiger partial charge in [0.2, 0.25) is 0 Å². The normalized spacial score (nSPS) is 13.5. The van der Waals surface area contributed by atoms with Crippen molar-refractivity contribution in [2.75, 3.05) is 20.8 Å². The van der Waals surface area contributed by atoms with Crippen molar-refractivity contribution in [2.24, 2.45) is 5.73 Å². The lowest BCUT2D eigenvalue weighted by molar-refractivity contribution is -0.146. The first-order chi connectivity index (χ1) is 8.99. The van der Waals surface area contributed by atoms with Crippen LogP contribution < -0.4 is 15.2 Å². The fourth-order valence-corrected chi connectivity index (χ4v) is 1.66. The van der Waals surface area contributed by atoms with Crippen LogP contribution in [0.2, 0.25) is 0 Å². The minimum atomic E-state index is -0.966. The van der Waals surface area contributed by atoms with Gasteiger partial charge in [-0.15, -0.1) is 0 Å². The number of hydrogen-bond acceptors (Lipinski definition) is 5. The van der Waals surface area contributed by atoms with E-state index in [-0.39, 0.29) is 0 Å². The highest BCUT2D eigenvalue weighted by Crippen LogP contribution is 2.19. The minimum Gasteiger partial charge on any atom is -0.497 e. The zero-order valence-electron chi connectivity index (χ0n) is 11.6. The summed E-state index contributed by atoms with van der Waals surface area (Å²) in [5, 5.41) is 0. The van der Waals surface area contributed by atoms with Crippen LogP contribution in [0.1, 0.15) is 19.8 Å². The first-order valence-electron chi connectivity index (χ1n) is 6.14.